The fraction of sp³-hybridized carbons (Fsp3) is 0.0690. The predicted molar refractivity (Wildman–Crippen MR) is 128 cm³/mol. The topological polar surface area (TPSA) is 29.1 Å². The van der Waals surface area contributed by atoms with Crippen molar-refractivity contribution in [3.8, 4) is 0 Å². The second-order valence-corrected chi connectivity index (χ2v) is 7.56. The summed E-state index contributed by atoms with van der Waals surface area (Å²) in [5, 5.41) is 3.28. The Kier molecular flexibility index (Phi) is 6.39. The van der Waals surface area contributed by atoms with Crippen molar-refractivity contribution in [1.29, 1.82) is 0 Å². The smallest absolute Gasteiger partial charge is 0.252 e. The minimum Gasteiger partial charge on any atom is -0.341 e. The standard InChI is InChI=1S/C29H25NO/c1-22-17-19-26(20-18-22)28(25-15-9-4-10-16-25)30-29(31)27(24-13-7-3-8-14-24)21-23-11-5-2-6-12-23/h2-21,28H,1H3,(H,30,31)/b27-21+/t28-/m1/s1. The van der Waals surface area contributed by atoms with Gasteiger partial charge in [-0.25, -0.2) is 0 Å². The third kappa shape index (κ3) is 5.18. The Labute approximate surface area is 183 Å². The van der Waals surface area contributed by atoms with E-state index in [1.807, 2.05) is 97.1 Å². The molecular weight excluding hydrogens is 378 g/mol. The minimum absolute atomic E-state index is 0.107. The van der Waals surface area contributed by atoms with Crippen molar-refractivity contribution in [2.45, 2.75) is 13.0 Å². The van der Waals surface area contributed by atoms with Gasteiger partial charge < -0.3 is 5.32 Å². The molecule has 0 aliphatic carbocycles. The summed E-state index contributed by atoms with van der Waals surface area (Å²) < 4.78 is 0. The molecule has 1 amide bonds. The summed E-state index contributed by atoms with van der Waals surface area (Å²) >= 11 is 0. The monoisotopic (exact) mass is 403 g/mol. The van der Waals surface area contributed by atoms with Gasteiger partial charge in [0.05, 0.1) is 6.04 Å². The summed E-state index contributed by atoms with van der Waals surface area (Å²) in [7, 11) is 0. The molecule has 0 unspecified atom stereocenters. The molecule has 0 aliphatic rings. The van der Waals surface area contributed by atoms with E-state index in [0.717, 1.165) is 22.3 Å². The zero-order valence-corrected chi connectivity index (χ0v) is 17.5. The maximum absolute atomic E-state index is 13.6. The molecule has 2 heteroatoms. The Morgan fingerprint density at radius 2 is 1.19 bits per heavy atom. The first-order valence-electron chi connectivity index (χ1n) is 10.5. The number of carbonyl (C=O) groups excluding carboxylic acids is 1. The first-order valence-corrected chi connectivity index (χ1v) is 10.5. The number of amides is 1. The number of nitrogens with one attached hydrogen (secondary N) is 1. The lowest BCUT2D eigenvalue weighted by Gasteiger charge is -2.21. The second kappa shape index (κ2) is 9.73. The van der Waals surface area contributed by atoms with Crippen LogP contribution < -0.4 is 5.32 Å². The summed E-state index contributed by atoms with van der Waals surface area (Å²) in [6.45, 7) is 2.07. The molecule has 0 spiro atoms. The van der Waals surface area contributed by atoms with Gasteiger partial charge in [-0.1, -0.05) is 121 Å². The van der Waals surface area contributed by atoms with E-state index in [1.165, 1.54) is 5.56 Å². The van der Waals surface area contributed by atoms with Gasteiger partial charge in [-0.05, 0) is 35.3 Å². The summed E-state index contributed by atoms with van der Waals surface area (Å²) in [6, 6.07) is 37.9. The number of aryl methyl sites for hydroxylation is 1. The van der Waals surface area contributed by atoms with Gasteiger partial charge in [-0.2, -0.15) is 0 Å². The Morgan fingerprint density at radius 1 is 0.677 bits per heavy atom. The van der Waals surface area contributed by atoms with Crippen LogP contribution >= 0.6 is 0 Å². The highest BCUT2D eigenvalue weighted by Crippen LogP contribution is 2.25. The lowest BCUT2D eigenvalue weighted by molar-refractivity contribution is -0.116. The van der Waals surface area contributed by atoms with E-state index in [1.54, 1.807) is 0 Å². The largest absolute Gasteiger partial charge is 0.341 e. The first-order chi connectivity index (χ1) is 15.2. The van der Waals surface area contributed by atoms with Gasteiger partial charge in [-0.3, -0.25) is 4.79 Å². The summed E-state index contributed by atoms with van der Waals surface area (Å²) in [5.74, 6) is -0.107. The number of hydrogen-bond donors (Lipinski definition) is 1. The highest BCUT2D eigenvalue weighted by molar-refractivity contribution is 6.24. The van der Waals surface area contributed by atoms with Crippen LogP contribution in [0.3, 0.4) is 0 Å². The van der Waals surface area contributed by atoms with Gasteiger partial charge in [0.15, 0.2) is 0 Å². The average molecular weight is 404 g/mol. The number of carbonyl (C=O) groups is 1. The first kappa shape index (κ1) is 20.4. The van der Waals surface area contributed by atoms with Crippen LogP contribution in [-0.2, 0) is 4.79 Å². The van der Waals surface area contributed by atoms with Crippen molar-refractivity contribution in [1.82, 2.24) is 5.32 Å². The van der Waals surface area contributed by atoms with E-state index in [-0.39, 0.29) is 11.9 Å². The van der Waals surface area contributed by atoms with Crippen molar-refractivity contribution >= 4 is 17.6 Å². The summed E-state index contributed by atoms with van der Waals surface area (Å²) in [6.07, 6.45) is 1.95. The Morgan fingerprint density at radius 3 is 1.81 bits per heavy atom. The lowest BCUT2D eigenvalue weighted by Crippen LogP contribution is -2.30. The SMILES string of the molecule is Cc1ccc([C@H](NC(=O)/C(=C/c2ccccc2)c2ccccc2)c2ccccc2)cc1. The molecule has 1 N–H and O–H groups in total. The molecule has 0 bridgehead atoms. The lowest BCUT2D eigenvalue weighted by atomic mass is 9.96. The van der Waals surface area contributed by atoms with E-state index < -0.39 is 0 Å². The molecule has 0 radical (unpaired) electrons. The number of rotatable bonds is 6. The molecule has 0 fully saturated rings. The van der Waals surface area contributed by atoms with Crippen LogP contribution in [0.15, 0.2) is 115 Å². The van der Waals surface area contributed by atoms with Crippen molar-refractivity contribution in [3.63, 3.8) is 0 Å². The second-order valence-electron chi connectivity index (χ2n) is 7.56. The molecule has 31 heavy (non-hydrogen) atoms. The van der Waals surface area contributed by atoms with E-state index in [2.05, 4.69) is 36.5 Å². The molecular formula is C29H25NO. The zero-order chi connectivity index (χ0) is 21.5. The zero-order valence-electron chi connectivity index (χ0n) is 17.5. The highest BCUT2D eigenvalue weighted by Gasteiger charge is 2.20. The molecule has 0 heterocycles. The molecule has 0 saturated carbocycles. The third-order valence-electron chi connectivity index (χ3n) is 5.26. The quantitative estimate of drug-likeness (QED) is 0.291. The van der Waals surface area contributed by atoms with Crippen LogP contribution in [0.25, 0.3) is 11.6 Å². The molecule has 0 aromatic heterocycles. The normalized spacial score (nSPS) is 12.2. The van der Waals surface area contributed by atoms with Gasteiger partial charge in [-0.15, -0.1) is 0 Å². The molecule has 2 nitrogen and oxygen atoms in total. The van der Waals surface area contributed by atoms with Crippen LogP contribution in [0, 0.1) is 6.92 Å². The molecule has 1 atom stereocenters. The minimum atomic E-state index is -0.239. The van der Waals surface area contributed by atoms with Gasteiger partial charge in [0.1, 0.15) is 0 Å². The fourth-order valence-corrected chi connectivity index (χ4v) is 3.59. The van der Waals surface area contributed by atoms with E-state index in [9.17, 15) is 4.79 Å². The molecule has 0 aliphatic heterocycles. The van der Waals surface area contributed by atoms with Crippen molar-refractivity contribution in [2.75, 3.05) is 0 Å². The van der Waals surface area contributed by atoms with Crippen LogP contribution in [0.5, 0.6) is 0 Å². The highest BCUT2D eigenvalue weighted by atomic mass is 16.1. The van der Waals surface area contributed by atoms with E-state index >= 15 is 0 Å². The van der Waals surface area contributed by atoms with Crippen LogP contribution in [0.2, 0.25) is 0 Å². The molecule has 4 rings (SSSR count). The van der Waals surface area contributed by atoms with Gasteiger partial charge in [0, 0.05) is 5.57 Å². The third-order valence-corrected chi connectivity index (χ3v) is 5.26. The van der Waals surface area contributed by atoms with Crippen LogP contribution in [0.1, 0.15) is 33.9 Å². The number of benzene rings is 4. The Balaban J connectivity index is 1.73. The van der Waals surface area contributed by atoms with Crippen LogP contribution in [-0.4, -0.2) is 5.91 Å². The maximum Gasteiger partial charge on any atom is 0.252 e. The molecule has 4 aromatic rings. The molecule has 4 aromatic carbocycles. The van der Waals surface area contributed by atoms with Gasteiger partial charge >= 0.3 is 0 Å². The Bertz CT molecular complexity index is 1150. The van der Waals surface area contributed by atoms with E-state index in [0.29, 0.717) is 5.57 Å². The van der Waals surface area contributed by atoms with Gasteiger partial charge in [0.25, 0.3) is 5.91 Å². The fourth-order valence-electron chi connectivity index (χ4n) is 3.59. The predicted octanol–water partition coefficient (Wildman–Crippen LogP) is 6.44. The van der Waals surface area contributed by atoms with E-state index in [4.69, 9.17) is 0 Å². The molecule has 0 saturated heterocycles. The maximum atomic E-state index is 13.6. The van der Waals surface area contributed by atoms with Gasteiger partial charge in [0.2, 0.25) is 0 Å². The average Bonchev–Trinajstić information content (AvgIpc) is 2.83. The Hall–Kier alpha value is -3.91. The molecule has 152 valence electrons. The summed E-state index contributed by atoms with van der Waals surface area (Å²) in [5.41, 5.74) is 5.81. The van der Waals surface area contributed by atoms with Crippen molar-refractivity contribution in [2.24, 2.45) is 0 Å². The van der Waals surface area contributed by atoms with Crippen molar-refractivity contribution in [3.05, 3.63) is 143 Å². The van der Waals surface area contributed by atoms with Crippen molar-refractivity contribution < 1.29 is 4.79 Å². The number of hydrogen-bond acceptors (Lipinski definition) is 1. The van der Waals surface area contributed by atoms with Crippen LogP contribution in [0.4, 0.5) is 0 Å². The summed E-state index contributed by atoms with van der Waals surface area (Å²) in [4.78, 5) is 13.6.